The number of nitrogens with zero attached hydrogens (tertiary/aromatic N) is 3. The summed E-state index contributed by atoms with van der Waals surface area (Å²) in [6.45, 7) is 9.95. The summed E-state index contributed by atoms with van der Waals surface area (Å²) in [4.78, 5) is 34.8. The Morgan fingerprint density at radius 3 is 2.65 bits per heavy atom. The van der Waals surface area contributed by atoms with Gasteiger partial charge < -0.3 is 15.1 Å². The third-order valence-corrected chi connectivity index (χ3v) is 6.38. The van der Waals surface area contributed by atoms with Crippen LogP contribution in [0.25, 0.3) is 0 Å². The number of carbonyl (C=O) groups excluding carboxylic acids is 2. The quantitative estimate of drug-likeness (QED) is 0.852. The van der Waals surface area contributed by atoms with Gasteiger partial charge in [-0.05, 0) is 25.7 Å². The molecule has 1 aliphatic heterocycles. The Morgan fingerprint density at radius 1 is 1.27 bits per heavy atom. The van der Waals surface area contributed by atoms with Gasteiger partial charge in [0.1, 0.15) is 0 Å². The van der Waals surface area contributed by atoms with E-state index in [-0.39, 0.29) is 23.7 Å². The Kier molecular flexibility index (Phi) is 6.16. The zero-order valence-electron chi connectivity index (χ0n) is 16.1. The fourth-order valence-corrected chi connectivity index (χ4v) is 4.83. The molecule has 2 heterocycles. The third-order valence-electron chi connectivity index (χ3n) is 5.20. The van der Waals surface area contributed by atoms with Crippen LogP contribution in [-0.4, -0.2) is 54.4 Å². The molecule has 1 saturated heterocycles. The van der Waals surface area contributed by atoms with E-state index in [1.54, 1.807) is 11.3 Å². The summed E-state index contributed by atoms with van der Waals surface area (Å²) >= 11 is 1.73. The monoisotopic (exact) mass is 378 g/mol. The van der Waals surface area contributed by atoms with Crippen molar-refractivity contribution >= 4 is 28.3 Å². The first-order valence-corrected chi connectivity index (χ1v) is 10.6. The van der Waals surface area contributed by atoms with Crippen molar-refractivity contribution in [3.05, 3.63) is 10.6 Å². The maximum atomic E-state index is 12.3. The number of hydrogen-bond acceptors (Lipinski definition) is 5. The largest absolute Gasteiger partial charge is 0.356 e. The number of piperazine rings is 1. The van der Waals surface area contributed by atoms with Crippen LogP contribution in [0.3, 0.4) is 0 Å². The summed E-state index contributed by atoms with van der Waals surface area (Å²) in [5, 5.41) is 4.08. The maximum absolute atomic E-state index is 12.3. The van der Waals surface area contributed by atoms with Crippen molar-refractivity contribution in [3.8, 4) is 0 Å². The van der Waals surface area contributed by atoms with Crippen molar-refractivity contribution < 1.29 is 9.59 Å². The van der Waals surface area contributed by atoms with E-state index in [1.807, 2.05) is 18.7 Å². The van der Waals surface area contributed by atoms with E-state index in [9.17, 15) is 9.59 Å². The van der Waals surface area contributed by atoms with Crippen molar-refractivity contribution in [3.63, 3.8) is 0 Å². The standard InChI is InChI=1S/C19H30N4O2S/c1-4-7-20-17(24)14-5-6-15-16(12-14)26-19(21-15)23-10-8-22(9-11-23)18(25)13(2)3/h13-14H,4-12H2,1-3H3,(H,20,24)/t14-/m1/s1. The molecule has 1 fully saturated rings. The lowest BCUT2D eigenvalue weighted by atomic mass is 9.90. The molecule has 2 aliphatic rings. The Balaban J connectivity index is 1.59. The molecule has 1 aromatic heterocycles. The fraction of sp³-hybridized carbons (Fsp3) is 0.737. The minimum absolute atomic E-state index is 0.0597. The third kappa shape index (κ3) is 4.19. The molecule has 0 bridgehead atoms. The van der Waals surface area contributed by atoms with Crippen LogP contribution in [0.15, 0.2) is 0 Å². The predicted octanol–water partition coefficient (Wildman–Crippen LogP) is 2.08. The van der Waals surface area contributed by atoms with E-state index in [0.717, 1.165) is 63.5 Å². The Morgan fingerprint density at radius 2 is 2.00 bits per heavy atom. The van der Waals surface area contributed by atoms with Gasteiger partial charge in [-0.2, -0.15) is 0 Å². The smallest absolute Gasteiger partial charge is 0.225 e. The van der Waals surface area contributed by atoms with E-state index in [2.05, 4.69) is 17.1 Å². The van der Waals surface area contributed by atoms with Gasteiger partial charge in [0.25, 0.3) is 0 Å². The second-order valence-corrected chi connectivity index (χ2v) is 8.63. The molecule has 1 aliphatic carbocycles. The van der Waals surface area contributed by atoms with Gasteiger partial charge in [-0.15, -0.1) is 11.3 Å². The average Bonchev–Trinajstić information content (AvgIpc) is 3.08. The number of amides is 2. The molecule has 1 aromatic rings. The van der Waals surface area contributed by atoms with Gasteiger partial charge in [0.2, 0.25) is 11.8 Å². The van der Waals surface area contributed by atoms with E-state index in [0.29, 0.717) is 0 Å². The first kappa shape index (κ1) is 19.1. The Bertz CT molecular complexity index is 650. The normalized spacial score (nSPS) is 20.2. The van der Waals surface area contributed by atoms with Crippen LogP contribution < -0.4 is 10.2 Å². The first-order valence-electron chi connectivity index (χ1n) is 9.79. The molecule has 0 unspecified atom stereocenters. The summed E-state index contributed by atoms with van der Waals surface area (Å²) in [6.07, 6.45) is 3.57. The van der Waals surface area contributed by atoms with Crippen LogP contribution in [0.2, 0.25) is 0 Å². The second kappa shape index (κ2) is 8.37. The van der Waals surface area contributed by atoms with E-state index >= 15 is 0 Å². The highest BCUT2D eigenvalue weighted by Gasteiger charge is 2.29. The maximum Gasteiger partial charge on any atom is 0.225 e. The number of rotatable bonds is 5. The number of aryl methyl sites for hydroxylation is 1. The molecule has 2 amide bonds. The summed E-state index contributed by atoms with van der Waals surface area (Å²) < 4.78 is 0. The zero-order chi connectivity index (χ0) is 18.7. The molecule has 0 spiro atoms. The number of aromatic nitrogens is 1. The fourth-order valence-electron chi connectivity index (χ4n) is 3.60. The number of nitrogens with one attached hydrogen (secondary N) is 1. The van der Waals surface area contributed by atoms with E-state index < -0.39 is 0 Å². The molecule has 0 radical (unpaired) electrons. The van der Waals surface area contributed by atoms with Crippen molar-refractivity contribution in [2.75, 3.05) is 37.6 Å². The minimum atomic E-state index is 0.0597. The molecule has 3 rings (SSSR count). The molecule has 0 aromatic carbocycles. The van der Waals surface area contributed by atoms with E-state index in [1.165, 1.54) is 10.6 Å². The molecule has 26 heavy (non-hydrogen) atoms. The van der Waals surface area contributed by atoms with Crippen molar-refractivity contribution in [1.29, 1.82) is 0 Å². The minimum Gasteiger partial charge on any atom is -0.356 e. The van der Waals surface area contributed by atoms with Gasteiger partial charge in [-0.25, -0.2) is 4.98 Å². The molecular weight excluding hydrogens is 348 g/mol. The lowest BCUT2D eigenvalue weighted by Crippen LogP contribution is -2.49. The number of thiazole rings is 1. The average molecular weight is 379 g/mol. The van der Waals surface area contributed by atoms with Crippen LogP contribution in [0.1, 0.15) is 44.2 Å². The Hall–Kier alpha value is -1.63. The lowest BCUT2D eigenvalue weighted by molar-refractivity contribution is -0.134. The van der Waals surface area contributed by atoms with Crippen LogP contribution in [0.4, 0.5) is 5.13 Å². The molecule has 6 nitrogen and oxygen atoms in total. The number of hydrogen-bond donors (Lipinski definition) is 1. The molecule has 144 valence electrons. The van der Waals surface area contributed by atoms with Crippen LogP contribution in [0, 0.1) is 11.8 Å². The number of fused-ring (bicyclic) bond motifs is 1. The topological polar surface area (TPSA) is 65.5 Å². The van der Waals surface area contributed by atoms with Gasteiger partial charge in [0.15, 0.2) is 5.13 Å². The second-order valence-electron chi connectivity index (χ2n) is 7.56. The highest BCUT2D eigenvalue weighted by Crippen LogP contribution is 2.34. The molecular formula is C19H30N4O2S. The van der Waals surface area contributed by atoms with Gasteiger partial charge in [0.05, 0.1) is 5.69 Å². The van der Waals surface area contributed by atoms with Crippen LogP contribution >= 0.6 is 11.3 Å². The van der Waals surface area contributed by atoms with E-state index in [4.69, 9.17) is 4.98 Å². The SMILES string of the molecule is CCCNC(=O)[C@@H]1CCc2nc(N3CCN(C(=O)C(C)C)CC3)sc2C1. The van der Waals surface area contributed by atoms with Gasteiger partial charge in [0, 0.05) is 49.4 Å². The highest BCUT2D eigenvalue weighted by molar-refractivity contribution is 7.15. The van der Waals surface area contributed by atoms with Gasteiger partial charge in [-0.3, -0.25) is 9.59 Å². The summed E-state index contributed by atoms with van der Waals surface area (Å²) in [5.74, 6) is 0.574. The van der Waals surface area contributed by atoms with Crippen molar-refractivity contribution in [2.45, 2.75) is 46.5 Å². The highest BCUT2D eigenvalue weighted by atomic mass is 32.1. The van der Waals surface area contributed by atoms with Crippen LogP contribution in [0.5, 0.6) is 0 Å². The number of anilines is 1. The van der Waals surface area contributed by atoms with Gasteiger partial charge >= 0.3 is 0 Å². The van der Waals surface area contributed by atoms with Crippen LogP contribution in [-0.2, 0) is 22.4 Å². The summed E-state index contributed by atoms with van der Waals surface area (Å²) in [7, 11) is 0. The Labute approximate surface area is 160 Å². The summed E-state index contributed by atoms with van der Waals surface area (Å²) in [6, 6.07) is 0. The first-order chi connectivity index (χ1) is 12.5. The van der Waals surface area contributed by atoms with Crippen molar-refractivity contribution in [1.82, 2.24) is 15.2 Å². The molecule has 1 N–H and O–H groups in total. The predicted molar refractivity (Wildman–Crippen MR) is 105 cm³/mol. The van der Waals surface area contributed by atoms with Crippen molar-refractivity contribution in [2.24, 2.45) is 11.8 Å². The molecule has 0 saturated carbocycles. The zero-order valence-corrected chi connectivity index (χ0v) is 16.9. The summed E-state index contributed by atoms with van der Waals surface area (Å²) in [5.41, 5.74) is 1.17. The lowest BCUT2D eigenvalue weighted by Gasteiger charge is -2.35. The molecule has 7 heteroatoms. The van der Waals surface area contributed by atoms with Gasteiger partial charge in [-0.1, -0.05) is 20.8 Å². The number of carbonyl (C=O) groups is 2. The molecule has 1 atom stereocenters.